The van der Waals surface area contributed by atoms with Gasteiger partial charge in [-0.1, -0.05) is 24.0 Å². The van der Waals surface area contributed by atoms with Crippen LogP contribution in [0.25, 0.3) is 0 Å². The summed E-state index contributed by atoms with van der Waals surface area (Å²) in [6.07, 6.45) is 0. The van der Waals surface area contributed by atoms with Gasteiger partial charge in [-0.3, -0.25) is 9.59 Å². The van der Waals surface area contributed by atoms with Crippen LogP contribution in [0.15, 0.2) is 48.5 Å². The SMILES string of the molecule is NC(=O)c1ccccc1OCC#CCNC(=O)COc1ccc(F)cc1. The van der Waals surface area contributed by atoms with Crippen molar-refractivity contribution in [1.82, 2.24) is 5.32 Å². The molecule has 2 aromatic carbocycles. The first-order chi connectivity index (χ1) is 12.6. The molecule has 2 amide bonds. The molecule has 26 heavy (non-hydrogen) atoms. The third kappa shape index (κ3) is 6.17. The minimum Gasteiger partial charge on any atom is -0.484 e. The Bertz CT molecular complexity index is 825. The van der Waals surface area contributed by atoms with Gasteiger partial charge < -0.3 is 20.5 Å². The maximum absolute atomic E-state index is 12.7. The molecule has 0 aliphatic heterocycles. The molecule has 0 heterocycles. The van der Waals surface area contributed by atoms with E-state index >= 15 is 0 Å². The number of primary amides is 1. The summed E-state index contributed by atoms with van der Waals surface area (Å²) in [5.74, 6) is 4.86. The number of carbonyl (C=O) groups is 2. The summed E-state index contributed by atoms with van der Waals surface area (Å²) in [5, 5.41) is 2.55. The highest BCUT2D eigenvalue weighted by Gasteiger charge is 2.07. The fraction of sp³-hybridized carbons (Fsp3) is 0.158. The van der Waals surface area contributed by atoms with Crippen molar-refractivity contribution in [2.45, 2.75) is 0 Å². The van der Waals surface area contributed by atoms with E-state index in [2.05, 4.69) is 17.2 Å². The Morgan fingerprint density at radius 2 is 1.77 bits per heavy atom. The number of rotatable bonds is 7. The molecule has 0 radical (unpaired) electrons. The van der Waals surface area contributed by atoms with Crippen LogP contribution >= 0.6 is 0 Å². The first-order valence-electron chi connectivity index (χ1n) is 7.68. The molecular formula is C19H17FN2O4. The van der Waals surface area contributed by atoms with Crippen LogP contribution < -0.4 is 20.5 Å². The maximum atomic E-state index is 12.7. The summed E-state index contributed by atoms with van der Waals surface area (Å²) in [6.45, 7) is -0.0333. The third-order valence-corrected chi connectivity index (χ3v) is 3.13. The zero-order valence-electron chi connectivity index (χ0n) is 13.8. The lowest BCUT2D eigenvalue weighted by Crippen LogP contribution is -2.29. The number of hydrogen-bond donors (Lipinski definition) is 2. The Morgan fingerprint density at radius 3 is 2.50 bits per heavy atom. The van der Waals surface area contributed by atoms with Gasteiger partial charge in [-0.05, 0) is 36.4 Å². The quantitative estimate of drug-likeness (QED) is 0.736. The van der Waals surface area contributed by atoms with Crippen molar-refractivity contribution in [3.8, 4) is 23.3 Å². The molecule has 0 spiro atoms. The molecule has 0 aliphatic carbocycles. The van der Waals surface area contributed by atoms with Crippen molar-refractivity contribution >= 4 is 11.8 Å². The zero-order chi connectivity index (χ0) is 18.8. The third-order valence-electron chi connectivity index (χ3n) is 3.13. The molecule has 3 N–H and O–H groups in total. The van der Waals surface area contributed by atoms with Crippen LogP contribution in [0.3, 0.4) is 0 Å². The van der Waals surface area contributed by atoms with E-state index in [-0.39, 0.29) is 37.0 Å². The Labute approximate surface area is 150 Å². The average molecular weight is 356 g/mol. The van der Waals surface area contributed by atoms with Gasteiger partial charge in [0.15, 0.2) is 6.61 Å². The molecule has 6 nitrogen and oxygen atoms in total. The number of hydrogen-bond acceptors (Lipinski definition) is 4. The van der Waals surface area contributed by atoms with Crippen molar-refractivity contribution in [2.75, 3.05) is 19.8 Å². The fourth-order valence-electron chi connectivity index (χ4n) is 1.90. The summed E-state index contributed by atoms with van der Waals surface area (Å²) in [5.41, 5.74) is 5.52. The molecule has 0 atom stereocenters. The van der Waals surface area contributed by atoms with E-state index in [9.17, 15) is 14.0 Å². The van der Waals surface area contributed by atoms with Gasteiger partial charge in [-0.2, -0.15) is 0 Å². The summed E-state index contributed by atoms with van der Waals surface area (Å²) in [4.78, 5) is 22.8. The molecular weight excluding hydrogens is 339 g/mol. The van der Waals surface area contributed by atoms with E-state index < -0.39 is 5.91 Å². The first kappa shape index (κ1) is 18.8. The number of carbonyl (C=O) groups excluding carboxylic acids is 2. The number of nitrogens with two attached hydrogens (primary N) is 1. The Morgan fingerprint density at radius 1 is 1.04 bits per heavy atom. The first-order valence-corrected chi connectivity index (χ1v) is 7.68. The lowest BCUT2D eigenvalue weighted by atomic mass is 10.2. The monoisotopic (exact) mass is 356 g/mol. The minimum atomic E-state index is -0.582. The molecule has 0 fully saturated rings. The van der Waals surface area contributed by atoms with Crippen LogP contribution in [0.4, 0.5) is 4.39 Å². The van der Waals surface area contributed by atoms with Gasteiger partial charge >= 0.3 is 0 Å². The van der Waals surface area contributed by atoms with E-state index in [1.54, 1.807) is 24.3 Å². The van der Waals surface area contributed by atoms with E-state index in [0.29, 0.717) is 11.5 Å². The summed E-state index contributed by atoms with van der Waals surface area (Å²) in [7, 11) is 0. The van der Waals surface area contributed by atoms with Gasteiger partial charge in [-0.25, -0.2) is 4.39 Å². The van der Waals surface area contributed by atoms with Crippen molar-refractivity contribution in [3.63, 3.8) is 0 Å². The van der Waals surface area contributed by atoms with Gasteiger partial charge in [0.1, 0.15) is 23.9 Å². The predicted octanol–water partition coefficient (Wildman–Crippen LogP) is 1.50. The molecule has 0 aromatic heterocycles. The Hall–Kier alpha value is -3.53. The number of nitrogens with one attached hydrogen (secondary N) is 1. The van der Waals surface area contributed by atoms with Gasteiger partial charge in [0.25, 0.3) is 11.8 Å². The van der Waals surface area contributed by atoms with Gasteiger partial charge in [0.2, 0.25) is 0 Å². The Kier molecular flexibility index (Phi) is 7.01. The highest BCUT2D eigenvalue weighted by Crippen LogP contribution is 2.16. The second-order valence-electron chi connectivity index (χ2n) is 5.02. The topological polar surface area (TPSA) is 90.7 Å². The van der Waals surface area contributed by atoms with Crippen LogP contribution in [0.5, 0.6) is 11.5 Å². The summed E-state index contributed by atoms with van der Waals surface area (Å²) >= 11 is 0. The van der Waals surface area contributed by atoms with Crippen molar-refractivity contribution < 1.29 is 23.5 Å². The van der Waals surface area contributed by atoms with Gasteiger partial charge in [-0.15, -0.1) is 0 Å². The Balaban J connectivity index is 1.68. The highest BCUT2D eigenvalue weighted by atomic mass is 19.1. The number of ether oxygens (including phenoxy) is 2. The molecule has 134 valence electrons. The van der Waals surface area contributed by atoms with E-state index in [4.69, 9.17) is 15.2 Å². The fourth-order valence-corrected chi connectivity index (χ4v) is 1.90. The average Bonchev–Trinajstić information content (AvgIpc) is 2.64. The number of amides is 2. The highest BCUT2D eigenvalue weighted by molar-refractivity contribution is 5.95. The number of benzene rings is 2. The standard InChI is InChI=1S/C19H17FN2O4/c20-14-7-9-15(10-8-14)26-13-18(23)22-11-3-4-12-25-17-6-2-1-5-16(17)19(21)24/h1-2,5-10H,11-13H2,(H2,21,24)(H,22,23). The largest absolute Gasteiger partial charge is 0.484 e. The predicted molar refractivity (Wildman–Crippen MR) is 93.1 cm³/mol. The van der Waals surface area contributed by atoms with Crippen LogP contribution in [0.2, 0.25) is 0 Å². The lowest BCUT2D eigenvalue weighted by Gasteiger charge is -2.06. The smallest absolute Gasteiger partial charge is 0.258 e. The molecule has 0 saturated carbocycles. The minimum absolute atomic E-state index is 0.0479. The molecule has 0 saturated heterocycles. The number of halogens is 1. The molecule has 7 heteroatoms. The van der Waals surface area contributed by atoms with Crippen LogP contribution in [-0.4, -0.2) is 31.6 Å². The zero-order valence-corrected chi connectivity index (χ0v) is 13.8. The second-order valence-corrected chi connectivity index (χ2v) is 5.02. The van der Waals surface area contributed by atoms with Crippen molar-refractivity contribution in [1.29, 1.82) is 0 Å². The van der Waals surface area contributed by atoms with Gasteiger partial charge in [0.05, 0.1) is 12.1 Å². The molecule has 0 aliphatic rings. The van der Waals surface area contributed by atoms with Gasteiger partial charge in [0, 0.05) is 0 Å². The molecule has 0 unspecified atom stereocenters. The van der Waals surface area contributed by atoms with Crippen molar-refractivity contribution in [3.05, 3.63) is 59.9 Å². The normalized spacial score (nSPS) is 9.58. The maximum Gasteiger partial charge on any atom is 0.258 e. The van der Waals surface area contributed by atoms with Crippen molar-refractivity contribution in [2.24, 2.45) is 5.73 Å². The van der Waals surface area contributed by atoms with E-state index in [0.717, 1.165) is 0 Å². The van der Waals surface area contributed by atoms with E-state index in [1.807, 2.05) is 0 Å². The van der Waals surface area contributed by atoms with E-state index in [1.165, 1.54) is 24.3 Å². The van der Waals surface area contributed by atoms with Crippen LogP contribution in [0, 0.1) is 17.7 Å². The van der Waals surface area contributed by atoms with Crippen LogP contribution in [0.1, 0.15) is 10.4 Å². The molecule has 2 aromatic rings. The second kappa shape index (κ2) is 9.69. The molecule has 2 rings (SSSR count). The van der Waals surface area contributed by atoms with Crippen LogP contribution in [-0.2, 0) is 4.79 Å². The molecule has 0 bridgehead atoms. The lowest BCUT2D eigenvalue weighted by molar-refractivity contribution is -0.122. The summed E-state index contributed by atoms with van der Waals surface area (Å²) in [6, 6.07) is 11.9. The number of para-hydroxylation sites is 1. The summed E-state index contributed by atoms with van der Waals surface area (Å²) < 4.78 is 23.3.